The summed E-state index contributed by atoms with van der Waals surface area (Å²) in [5.41, 5.74) is 8.79. The van der Waals surface area contributed by atoms with Crippen LogP contribution in [-0.2, 0) is 14.4 Å². The predicted molar refractivity (Wildman–Crippen MR) is 131 cm³/mol. The van der Waals surface area contributed by atoms with Crippen molar-refractivity contribution in [3.05, 3.63) is 44.7 Å². The van der Waals surface area contributed by atoms with Gasteiger partial charge in [0, 0.05) is 41.3 Å². The highest BCUT2D eigenvalue weighted by molar-refractivity contribution is 9.10. The number of Topliss-reactive ketones (excluding diaryl/α,β-unsaturated/α-hetero) is 2. The van der Waals surface area contributed by atoms with Crippen LogP contribution in [0.4, 0.5) is 0 Å². The molecule has 0 unspecified atom stereocenters. The summed E-state index contributed by atoms with van der Waals surface area (Å²) in [6.45, 7) is 8.07. The summed E-state index contributed by atoms with van der Waals surface area (Å²) < 4.78 is 11.7. The Kier molecular flexibility index (Phi) is 6.17. The van der Waals surface area contributed by atoms with E-state index in [0.717, 1.165) is 29.8 Å². The Labute approximate surface area is 208 Å². The third-order valence-electron chi connectivity index (χ3n) is 6.66. The number of carbonyl (C=O) groups is 3. The van der Waals surface area contributed by atoms with Crippen LogP contribution in [0.5, 0.6) is 11.5 Å². The lowest BCUT2D eigenvalue weighted by Crippen LogP contribution is -2.42. The van der Waals surface area contributed by atoms with Gasteiger partial charge >= 0.3 is 0 Å². The number of nitrogens with one attached hydrogen (secondary N) is 1. The van der Waals surface area contributed by atoms with Gasteiger partial charge in [-0.15, -0.1) is 0 Å². The Morgan fingerprint density at radius 3 is 2.03 bits per heavy atom. The zero-order valence-electron chi connectivity index (χ0n) is 20.3. The number of carbonyl (C=O) groups excluding carboxylic acids is 3. The average molecular weight is 531 g/mol. The van der Waals surface area contributed by atoms with Crippen LogP contribution in [0.2, 0.25) is 0 Å². The van der Waals surface area contributed by atoms with Crippen molar-refractivity contribution < 1.29 is 23.9 Å². The van der Waals surface area contributed by atoms with Gasteiger partial charge < -0.3 is 20.5 Å². The van der Waals surface area contributed by atoms with Gasteiger partial charge in [0.1, 0.15) is 0 Å². The van der Waals surface area contributed by atoms with Crippen LogP contribution in [0.25, 0.3) is 0 Å². The number of allylic oxidation sites excluding steroid dienone is 4. The molecule has 0 aromatic heterocycles. The fourth-order valence-corrected chi connectivity index (χ4v) is 5.99. The van der Waals surface area contributed by atoms with Crippen molar-refractivity contribution in [1.82, 2.24) is 5.32 Å². The number of rotatable bonds is 5. The lowest BCUT2D eigenvalue weighted by molar-refractivity contribution is -0.120. The van der Waals surface area contributed by atoms with Gasteiger partial charge in [-0.25, -0.2) is 0 Å². The highest BCUT2D eigenvalue weighted by Gasteiger charge is 2.46. The zero-order chi connectivity index (χ0) is 25.0. The molecular formula is C26H31BrN2O5. The molecule has 0 spiro atoms. The first-order valence-corrected chi connectivity index (χ1v) is 12.2. The maximum absolute atomic E-state index is 13.5. The summed E-state index contributed by atoms with van der Waals surface area (Å²) in [6.07, 6.45) is 2.30. The summed E-state index contributed by atoms with van der Waals surface area (Å²) in [5, 5.41) is 3.52. The molecule has 2 aliphatic carbocycles. The molecular weight excluding hydrogens is 500 g/mol. The van der Waals surface area contributed by atoms with Gasteiger partial charge in [0.05, 0.1) is 11.6 Å². The first-order chi connectivity index (χ1) is 15.8. The van der Waals surface area contributed by atoms with Gasteiger partial charge in [0.2, 0.25) is 0 Å². The highest BCUT2D eigenvalue weighted by Crippen LogP contribution is 2.52. The molecule has 0 saturated carbocycles. The van der Waals surface area contributed by atoms with Gasteiger partial charge in [-0.1, -0.05) is 27.7 Å². The Bertz CT molecular complexity index is 1110. The number of halogens is 1. The minimum atomic E-state index is -0.605. The minimum absolute atomic E-state index is 0.0528. The van der Waals surface area contributed by atoms with Crippen LogP contribution in [-0.4, -0.2) is 31.2 Å². The number of primary amides is 1. The Hall–Kier alpha value is -2.61. The molecule has 1 aliphatic heterocycles. The molecule has 0 fully saturated rings. The first-order valence-electron chi connectivity index (χ1n) is 11.4. The van der Waals surface area contributed by atoms with Crippen molar-refractivity contribution in [3.63, 3.8) is 0 Å². The van der Waals surface area contributed by atoms with Crippen molar-refractivity contribution in [3.8, 4) is 11.5 Å². The Morgan fingerprint density at radius 1 is 1.03 bits per heavy atom. The summed E-state index contributed by atoms with van der Waals surface area (Å²) in [4.78, 5) is 38.2. The van der Waals surface area contributed by atoms with Crippen LogP contribution in [0.15, 0.2) is 39.1 Å². The third kappa shape index (κ3) is 4.52. The fourth-order valence-electron chi connectivity index (χ4n) is 5.41. The number of hydrogen-bond acceptors (Lipinski definition) is 6. The molecule has 3 aliphatic rings. The third-order valence-corrected chi connectivity index (χ3v) is 7.25. The molecule has 1 amide bonds. The minimum Gasteiger partial charge on any atom is -0.493 e. The molecule has 1 aromatic rings. The molecule has 4 rings (SSSR count). The number of benzene rings is 1. The predicted octanol–water partition coefficient (Wildman–Crippen LogP) is 4.30. The molecule has 3 N–H and O–H groups in total. The number of methoxy groups -OCH3 is 1. The van der Waals surface area contributed by atoms with Gasteiger partial charge in [-0.3, -0.25) is 14.4 Å². The lowest BCUT2D eigenvalue weighted by Gasteiger charge is -2.44. The molecule has 1 aromatic carbocycles. The van der Waals surface area contributed by atoms with Crippen molar-refractivity contribution in [1.29, 1.82) is 0 Å². The van der Waals surface area contributed by atoms with E-state index in [2.05, 4.69) is 48.9 Å². The normalized spacial score (nSPS) is 21.6. The molecule has 0 radical (unpaired) electrons. The van der Waals surface area contributed by atoms with E-state index in [9.17, 15) is 14.4 Å². The Morgan fingerprint density at radius 2 is 1.56 bits per heavy atom. The Balaban J connectivity index is 1.90. The van der Waals surface area contributed by atoms with E-state index in [-0.39, 0.29) is 29.0 Å². The molecule has 1 heterocycles. The standard InChI is InChI=1S/C26H31BrN2O5/c1-25(2)8-15-22(17(30)10-25)21(23-16(29-15)9-26(3,4)11-18(23)31)13-6-14(27)24(19(7-13)33-5)34-12-20(28)32/h6-7,21,29H,8-12H2,1-5H3,(H2,28,32). The number of ketones is 2. The quantitative estimate of drug-likeness (QED) is 0.587. The van der Waals surface area contributed by atoms with Crippen molar-refractivity contribution >= 4 is 33.4 Å². The fraction of sp³-hybridized carbons (Fsp3) is 0.500. The summed E-state index contributed by atoms with van der Waals surface area (Å²) in [5.74, 6) is -0.259. The van der Waals surface area contributed by atoms with E-state index in [4.69, 9.17) is 15.2 Å². The summed E-state index contributed by atoms with van der Waals surface area (Å²) >= 11 is 3.52. The van der Waals surface area contributed by atoms with E-state index < -0.39 is 11.8 Å². The number of amides is 1. The molecule has 0 saturated heterocycles. The lowest BCUT2D eigenvalue weighted by atomic mass is 9.64. The topological polar surface area (TPSA) is 108 Å². The van der Waals surface area contributed by atoms with Crippen LogP contribution in [0, 0.1) is 10.8 Å². The largest absolute Gasteiger partial charge is 0.493 e. The van der Waals surface area contributed by atoms with E-state index in [1.54, 1.807) is 6.07 Å². The second-order valence-electron chi connectivity index (χ2n) is 11.0. The van der Waals surface area contributed by atoms with Gasteiger partial charge in [0.15, 0.2) is 29.7 Å². The SMILES string of the molecule is COc1cc(C2C3=C(CC(C)(C)CC3=O)NC3=C2C(=O)CC(C)(C)C3)cc(Br)c1OCC(N)=O. The van der Waals surface area contributed by atoms with Crippen molar-refractivity contribution in [2.24, 2.45) is 16.6 Å². The van der Waals surface area contributed by atoms with Crippen LogP contribution >= 0.6 is 15.9 Å². The maximum atomic E-state index is 13.5. The molecule has 0 bridgehead atoms. The molecule has 182 valence electrons. The second-order valence-corrected chi connectivity index (χ2v) is 11.9. The highest BCUT2D eigenvalue weighted by atomic mass is 79.9. The number of dihydropyridines is 1. The number of nitrogens with two attached hydrogens (primary N) is 1. The number of ether oxygens (including phenoxy) is 2. The molecule has 34 heavy (non-hydrogen) atoms. The van der Waals surface area contributed by atoms with Gasteiger partial charge in [-0.2, -0.15) is 0 Å². The van der Waals surface area contributed by atoms with E-state index in [0.29, 0.717) is 40.0 Å². The molecule has 8 heteroatoms. The average Bonchev–Trinajstić information content (AvgIpc) is 2.68. The zero-order valence-corrected chi connectivity index (χ0v) is 21.9. The van der Waals surface area contributed by atoms with Crippen LogP contribution < -0.4 is 20.5 Å². The monoisotopic (exact) mass is 530 g/mol. The van der Waals surface area contributed by atoms with Crippen molar-refractivity contribution in [2.45, 2.75) is 59.3 Å². The molecule has 0 atom stereocenters. The first kappa shape index (κ1) is 24.5. The summed E-state index contributed by atoms with van der Waals surface area (Å²) in [6, 6.07) is 3.62. The molecule has 7 nitrogen and oxygen atoms in total. The number of hydrogen-bond donors (Lipinski definition) is 2. The van der Waals surface area contributed by atoms with E-state index in [1.165, 1.54) is 7.11 Å². The van der Waals surface area contributed by atoms with Gasteiger partial charge in [0.25, 0.3) is 5.91 Å². The van der Waals surface area contributed by atoms with Crippen molar-refractivity contribution in [2.75, 3.05) is 13.7 Å². The second kappa shape index (κ2) is 8.56. The van der Waals surface area contributed by atoms with Crippen LogP contribution in [0.1, 0.15) is 64.9 Å². The van der Waals surface area contributed by atoms with Crippen LogP contribution in [0.3, 0.4) is 0 Å². The smallest absolute Gasteiger partial charge is 0.255 e. The van der Waals surface area contributed by atoms with Gasteiger partial charge in [-0.05, 0) is 57.3 Å². The van der Waals surface area contributed by atoms with E-state index in [1.807, 2.05) is 6.07 Å². The maximum Gasteiger partial charge on any atom is 0.255 e. The summed E-state index contributed by atoms with van der Waals surface area (Å²) in [7, 11) is 1.50. The van der Waals surface area contributed by atoms with E-state index >= 15 is 0 Å².